The summed E-state index contributed by atoms with van der Waals surface area (Å²) in [5.74, 6) is 3.00. The maximum absolute atomic E-state index is 5.20. The number of hydrogen-bond acceptors (Lipinski definition) is 4. The van der Waals surface area contributed by atoms with E-state index in [-0.39, 0.29) is 0 Å². The normalized spacial score (nSPS) is 25.9. The first-order valence-corrected chi connectivity index (χ1v) is 6.30. The van der Waals surface area contributed by atoms with Crippen LogP contribution in [-0.4, -0.2) is 17.2 Å². The summed E-state index contributed by atoms with van der Waals surface area (Å²) >= 11 is 0. The van der Waals surface area contributed by atoms with Crippen LogP contribution in [0.5, 0.6) is 0 Å². The molecule has 1 aromatic rings. The van der Waals surface area contributed by atoms with E-state index in [1.807, 2.05) is 7.05 Å². The quantitative estimate of drug-likeness (QED) is 0.852. The first-order chi connectivity index (χ1) is 7.83. The Balaban J connectivity index is 1.99. The molecule has 2 rings (SSSR count). The van der Waals surface area contributed by atoms with Crippen molar-refractivity contribution in [3.05, 3.63) is 11.7 Å². The number of hydrogen-bond donors (Lipinski definition) is 1. The highest BCUT2D eigenvalue weighted by Crippen LogP contribution is 2.36. The van der Waals surface area contributed by atoms with Crippen LogP contribution in [0.1, 0.15) is 56.7 Å². The van der Waals surface area contributed by atoms with Gasteiger partial charge in [-0.05, 0) is 25.8 Å². The number of nitrogens with one attached hydrogen (secondary N) is 1. The van der Waals surface area contributed by atoms with Gasteiger partial charge in [-0.1, -0.05) is 31.3 Å². The van der Waals surface area contributed by atoms with Gasteiger partial charge in [0, 0.05) is 5.92 Å². The minimum Gasteiger partial charge on any atom is -0.338 e. The molecule has 0 spiro atoms. The molecule has 1 N–H and O–H groups in total. The highest BCUT2D eigenvalue weighted by Gasteiger charge is 2.25. The second-order valence-electron chi connectivity index (χ2n) is 4.71. The van der Waals surface area contributed by atoms with E-state index < -0.39 is 0 Å². The molecule has 1 aliphatic carbocycles. The van der Waals surface area contributed by atoms with Crippen molar-refractivity contribution in [1.29, 1.82) is 0 Å². The predicted octanol–water partition coefficient (Wildman–Crippen LogP) is 2.47. The Labute approximate surface area is 96.8 Å². The monoisotopic (exact) mass is 223 g/mol. The van der Waals surface area contributed by atoms with Crippen molar-refractivity contribution in [3.8, 4) is 0 Å². The van der Waals surface area contributed by atoms with Crippen LogP contribution in [0.2, 0.25) is 0 Å². The van der Waals surface area contributed by atoms with Crippen LogP contribution < -0.4 is 5.32 Å². The van der Waals surface area contributed by atoms with Gasteiger partial charge in [0.1, 0.15) is 0 Å². The van der Waals surface area contributed by atoms with Crippen molar-refractivity contribution >= 4 is 0 Å². The summed E-state index contributed by atoms with van der Waals surface area (Å²) in [6, 6.07) is 0. The van der Waals surface area contributed by atoms with E-state index in [1.165, 1.54) is 32.1 Å². The summed E-state index contributed by atoms with van der Waals surface area (Å²) in [5.41, 5.74) is 0. The summed E-state index contributed by atoms with van der Waals surface area (Å²) in [4.78, 5) is 4.45. The van der Waals surface area contributed by atoms with Crippen LogP contribution in [0.3, 0.4) is 0 Å². The molecule has 0 radical (unpaired) electrons. The second kappa shape index (κ2) is 5.43. The molecule has 0 aliphatic heterocycles. The molecule has 1 heterocycles. The zero-order valence-electron chi connectivity index (χ0n) is 10.2. The molecule has 0 amide bonds. The van der Waals surface area contributed by atoms with Crippen molar-refractivity contribution < 1.29 is 4.52 Å². The average Bonchev–Trinajstić information content (AvgIpc) is 2.78. The third-order valence-electron chi connectivity index (χ3n) is 3.54. The van der Waals surface area contributed by atoms with Crippen LogP contribution in [0, 0.1) is 5.92 Å². The van der Waals surface area contributed by atoms with Gasteiger partial charge >= 0.3 is 0 Å². The molecule has 1 aromatic heterocycles. The van der Waals surface area contributed by atoms with Gasteiger partial charge < -0.3 is 9.84 Å². The Bertz CT molecular complexity index is 324. The number of rotatable bonds is 4. The fourth-order valence-electron chi connectivity index (χ4n) is 2.55. The molecule has 90 valence electrons. The minimum absolute atomic E-state index is 0.521. The molecule has 0 bridgehead atoms. The van der Waals surface area contributed by atoms with Gasteiger partial charge in [0.2, 0.25) is 5.89 Å². The lowest BCUT2D eigenvalue weighted by atomic mass is 9.80. The maximum Gasteiger partial charge on any atom is 0.240 e. The average molecular weight is 223 g/mol. The first kappa shape index (κ1) is 11.6. The molecule has 4 heteroatoms. The van der Waals surface area contributed by atoms with Gasteiger partial charge in [-0.25, -0.2) is 0 Å². The topological polar surface area (TPSA) is 51.0 Å². The summed E-state index contributed by atoms with van der Waals surface area (Å²) in [6.45, 7) is 2.94. The summed E-state index contributed by atoms with van der Waals surface area (Å²) in [7, 11) is 1.89. The standard InChI is InChI=1S/C12H21N3O/c1-3-9-5-4-6-10(7-9)12-14-11(8-13-2)16-15-12/h9-10,13H,3-8H2,1-2H3. The van der Waals surface area contributed by atoms with Crippen molar-refractivity contribution in [2.24, 2.45) is 5.92 Å². The van der Waals surface area contributed by atoms with E-state index in [0.717, 1.165) is 11.7 Å². The van der Waals surface area contributed by atoms with Gasteiger partial charge in [0.25, 0.3) is 0 Å². The Morgan fingerprint density at radius 1 is 1.44 bits per heavy atom. The summed E-state index contributed by atoms with van der Waals surface area (Å²) in [5, 5.41) is 7.13. The van der Waals surface area contributed by atoms with Crippen LogP contribution in [0.15, 0.2) is 4.52 Å². The van der Waals surface area contributed by atoms with Crippen molar-refractivity contribution in [2.75, 3.05) is 7.05 Å². The summed E-state index contributed by atoms with van der Waals surface area (Å²) in [6.07, 6.45) is 6.40. The van der Waals surface area contributed by atoms with E-state index in [0.29, 0.717) is 18.4 Å². The molecule has 16 heavy (non-hydrogen) atoms. The third kappa shape index (κ3) is 2.61. The van der Waals surface area contributed by atoms with Gasteiger partial charge in [0.15, 0.2) is 5.82 Å². The van der Waals surface area contributed by atoms with Crippen LogP contribution in [0.25, 0.3) is 0 Å². The molecule has 4 nitrogen and oxygen atoms in total. The highest BCUT2D eigenvalue weighted by molar-refractivity contribution is 4.97. The Morgan fingerprint density at radius 2 is 2.31 bits per heavy atom. The molecule has 1 fully saturated rings. The second-order valence-corrected chi connectivity index (χ2v) is 4.71. The zero-order valence-corrected chi connectivity index (χ0v) is 10.2. The van der Waals surface area contributed by atoms with E-state index in [4.69, 9.17) is 4.52 Å². The SMILES string of the molecule is CCC1CCCC(c2noc(CNC)n2)C1. The molecule has 1 aliphatic rings. The largest absolute Gasteiger partial charge is 0.338 e. The molecule has 0 aromatic carbocycles. The van der Waals surface area contributed by atoms with Crippen LogP contribution >= 0.6 is 0 Å². The fraction of sp³-hybridized carbons (Fsp3) is 0.833. The Morgan fingerprint density at radius 3 is 3.06 bits per heavy atom. The number of aromatic nitrogens is 2. The molecular formula is C12H21N3O. The zero-order chi connectivity index (χ0) is 11.4. The van der Waals surface area contributed by atoms with Crippen LogP contribution in [0.4, 0.5) is 0 Å². The summed E-state index contributed by atoms with van der Waals surface area (Å²) < 4.78 is 5.20. The van der Waals surface area contributed by atoms with Crippen LogP contribution in [-0.2, 0) is 6.54 Å². The maximum atomic E-state index is 5.20. The van der Waals surface area contributed by atoms with Gasteiger partial charge in [-0.15, -0.1) is 0 Å². The van der Waals surface area contributed by atoms with Gasteiger partial charge in [-0.2, -0.15) is 4.98 Å². The highest BCUT2D eigenvalue weighted by atomic mass is 16.5. The lowest BCUT2D eigenvalue weighted by Gasteiger charge is -2.26. The molecule has 1 saturated carbocycles. The minimum atomic E-state index is 0.521. The van der Waals surface area contributed by atoms with E-state index in [2.05, 4.69) is 22.4 Å². The first-order valence-electron chi connectivity index (χ1n) is 6.30. The molecular weight excluding hydrogens is 202 g/mol. The van der Waals surface area contributed by atoms with Gasteiger partial charge in [-0.3, -0.25) is 0 Å². The third-order valence-corrected chi connectivity index (χ3v) is 3.54. The number of nitrogens with zero attached hydrogens (tertiary/aromatic N) is 2. The molecule has 2 unspecified atom stereocenters. The van der Waals surface area contributed by atoms with E-state index >= 15 is 0 Å². The lowest BCUT2D eigenvalue weighted by Crippen LogP contribution is -2.14. The van der Waals surface area contributed by atoms with E-state index in [1.54, 1.807) is 0 Å². The molecule has 0 saturated heterocycles. The molecule has 2 atom stereocenters. The van der Waals surface area contributed by atoms with E-state index in [9.17, 15) is 0 Å². The lowest BCUT2D eigenvalue weighted by molar-refractivity contribution is 0.297. The fourth-order valence-corrected chi connectivity index (χ4v) is 2.55. The predicted molar refractivity (Wildman–Crippen MR) is 62.1 cm³/mol. The Kier molecular flexibility index (Phi) is 3.93. The van der Waals surface area contributed by atoms with Gasteiger partial charge in [0.05, 0.1) is 6.54 Å². The van der Waals surface area contributed by atoms with Crippen molar-refractivity contribution in [2.45, 2.75) is 51.5 Å². The Hall–Kier alpha value is -0.900. The smallest absolute Gasteiger partial charge is 0.240 e. The van der Waals surface area contributed by atoms with Crippen molar-refractivity contribution in [1.82, 2.24) is 15.5 Å². The van der Waals surface area contributed by atoms with Crippen molar-refractivity contribution in [3.63, 3.8) is 0 Å².